The molecule has 46 heteroatoms. The molecule has 32 nitrogen and oxygen atoms in total. The van der Waals surface area contributed by atoms with Crippen LogP contribution in [-0.2, 0) is 40.5 Å². The SMILES string of the molecule is O=S(=O)(O)c1cc(Nc2nc(Cl)nc(Nc3ccc(Cl)cc3)n2)ccc1C=Cc1ccc(Nc2nc(Cl)nc(Nc3ccc(Cl)cc3)n2)cc1S(=O)(=O)O.O=S(=O)(O)c1cc(Nc2nc(Cl)nc(Nc3ccc(Cl)cc3)n2)ccc1C=Cc1ccc(Nc2nc(Cl)nc(Nc3ccc(Cl)cc3)n2)cc1S(=O)(=O)O.[H+].[H+].[Na+].[Na+]. The van der Waals surface area contributed by atoms with Crippen LogP contribution in [0.4, 0.5) is 93.1 Å². The molecule has 0 bridgehead atoms. The van der Waals surface area contributed by atoms with Crippen molar-refractivity contribution in [2.45, 2.75) is 19.6 Å². The third kappa shape index (κ3) is 24.8. The fraction of sp³-hybridized carbons (Fsp3) is 0. The second-order valence-electron chi connectivity index (χ2n) is 21.6. The van der Waals surface area contributed by atoms with E-state index in [0.717, 1.165) is 24.3 Å². The molecule has 0 aliphatic rings. The van der Waals surface area contributed by atoms with Gasteiger partial charge in [0, 0.05) is 65.6 Å². The predicted octanol–water partition coefficient (Wildman–Crippen LogP) is 10.8. The summed E-state index contributed by atoms with van der Waals surface area (Å²) in [6.45, 7) is 0. The summed E-state index contributed by atoms with van der Waals surface area (Å²) in [6, 6.07) is 42.3. The monoisotopic (exact) mass is 1740 g/mol. The van der Waals surface area contributed by atoms with Gasteiger partial charge in [0.1, 0.15) is 19.6 Å². The van der Waals surface area contributed by atoms with Crippen molar-refractivity contribution >= 4 is 251 Å². The van der Waals surface area contributed by atoms with Gasteiger partial charge in [-0.15, -0.1) is 0 Å². The van der Waals surface area contributed by atoms with Crippen LogP contribution in [-0.4, -0.2) is 112 Å². The van der Waals surface area contributed by atoms with E-state index in [-0.39, 0.29) is 176 Å². The van der Waals surface area contributed by atoms with Crippen LogP contribution in [0.2, 0.25) is 41.2 Å². The summed E-state index contributed by atoms with van der Waals surface area (Å²) in [6.07, 6.45) is 4.94. The molecule has 4 aromatic heterocycles. The number of anilines is 16. The van der Waals surface area contributed by atoms with E-state index in [4.69, 9.17) is 92.8 Å². The summed E-state index contributed by atoms with van der Waals surface area (Å²) in [4.78, 5) is 46.8. The van der Waals surface area contributed by atoms with Gasteiger partial charge in [0.25, 0.3) is 40.5 Å². The van der Waals surface area contributed by atoms with Gasteiger partial charge in [-0.05, 0) is 214 Å². The van der Waals surface area contributed by atoms with E-state index in [1.165, 1.54) is 72.8 Å². The van der Waals surface area contributed by atoms with Crippen molar-refractivity contribution in [3.05, 3.63) is 233 Å². The molecule has 0 saturated carbocycles. The molecule has 8 aromatic carbocycles. The molecule has 110 heavy (non-hydrogen) atoms. The van der Waals surface area contributed by atoms with Crippen molar-refractivity contribution in [1.29, 1.82) is 0 Å². The molecule has 552 valence electrons. The number of nitrogens with zero attached hydrogens (tertiary/aromatic N) is 12. The maximum Gasteiger partial charge on any atom is 1.00 e. The Morgan fingerprint density at radius 1 is 0.236 bits per heavy atom. The van der Waals surface area contributed by atoms with Gasteiger partial charge in [-0.25, -0.2) is 0 Å². The molecule has 0 aliphatic heterocycles. The molecular weight excluding hydrogens is 1700 g/mol. The quantitative estimate of drug-likeness (QED) is 0.0152. The topological polar surface area (TPSA) is 468 Å². The van der Waals surface area contributed by atoms with Gasteiger partial charge < -0.3 is 42.5 Å². The molecule has 0 saturated heterocycles. The zero-order valence-electron chi connectivity index (χ0n) is 57.6. The average Bonchev–Trinajstić information content (AvgIpc) is 0.805. The molecular formula is C64H46Cl8N20Na2O12S4+4. The minimum absolute atomic E-state index is 0. The number of hydrogen-bond acceptors (Lipinski definition) is 28. The van der Waals surface area contributed by atoms with Crippen molar-refractivity contribution in [2.75, 3.05) is 42.5 Å². The number of nitrogens with one attached hydrogen (secondary N) is 8. The van der Waals surface area contributed by atoms with Crippen molar-refractivity contribution in [3.8, 4) is 0 Å². The van der Waals surface area contributed by atoms with E-state index in [0.29, 0.717) is 42.8 Å². The van der Waals surface area contributed by atoms with Crippen LogP contribution in [0.3, 0.4) is 0 Å². The molecule has 12 N–H and O–H groups in total. The van der Waals surface area contributed by atoms with Crippen LogP contribution >= 0.6 is 92.8 Å². The molecule has 0 amide bonds. The van der Waals surface area contributed by atoms with E-state index in [1.807, 2.05) is 0 Å². The Balaban J connectivity index is 0.000000300. The van der Waals surface area contributed by atoms with Crippen LogP contribution in [0.25, 0.3) is 24.3 Å². The maximum absolute atomic E-state index is 12.4. The molecule has 12 rings (SSSR count). The molecule has 0 radical (unpaired) electrons. The third-order valence-corrected chi connectivity index (χ3v) is 19.2. The maximum atomic E-state index is 12.4. The normalized spacial score (nSPS) is 11.5. The van der Waals surface area contributed by atoms with Crippen molar-refractivity contribution in [3.63, 3.8) is 0 Å². The van der Waals surface area contributed by atoms with E-state index in [1.54, 1.807) is 97.1 Å². The van der Waals surface area contributed by atoms with Gasteiger partial charge in [-0.2, -0.15) is 93.5 Å². The van der Waals surface area contributed by atoms with Gasteiger partial charge in [0.05, 0.1) is 0 Å². The summed E-state index contributed by atoms with van der Waals surface area (Å²) in [7, 11) is -19.3. The van der Waals surface area contributed by atoms with E-state index >= 15 is 0 Å². The molecule has 0 spiro atoms. The number of hydrogen-bond donors (Lipinski definition) is 12. The molecule has 0 atom stereocenters. The van der Waals surface area contributed by atoms with Crippen LogP contribution in [0.5, 0.6) is 0 Å². The summed E-state index contributed by atoms with van der Waals surface area (Å²) < 4.78 is 140. The number of halogens is 8. The molecule has 12 aromatic rings. The second kappa shape index (κ2) is 37.3. The Morgan fingerprint density at radius 3 is 0.536 bits per heavy atom. The summed E-state index contributed by atoms with van der Waals surface area (Å²) >= 11 is 48.1. The standard InChI is InChI=1S/2C32H22Cl4N10O6S2.2Na/c2*33-19-5-11-21(12-6-19)37-29-41-27(35)43-31(45-29)39-23-9-3-17(25(15-23)53(47,48)49)1-2-18-4-10-24(16-26(18)54(50,51)52)40-32-44-28(36)42-30(46-32)38-22-13-7-20(34)8-14-22;;/h2*1-16H,(H,47,48,49)(H,50,51,52)(H2,37,39,41,43,45)(H2,38,40,42,44,46);;/q;;2*+1/p+2. The van der Waals surface area contributed by atoms with Crippen LogP contribution in [0.1, 0.15) is 25.1 Å². The zero-order chi connectivity index (χ0) is 77.2. The van der Waals surface area contributed by atoms with Crippen LogP contribution in [0.15, 0.2) is 189 Å². The van der Waals surface area contributed by atoms with Gasteiger partial charge in [0.2, 0.25) is 68.7 Å². The zero-order valence-corrected chi connectivity index (χ0v) is 68.9. The first-order valence-electron chi connectivity index (χ1n) is 29.8. The van der Waals surface area contributed by atoms with Crippen molar-refractivity contribution in [1.82, 2.24) is 59.8 Å². The molecule has 0 unspecified atom stereocenters. The van der Waals surface area contributed by atoms with E-state index < -0.39 is 60.1 Å². The fourth-order valence-corrected chi connectivity index (χ4v) is 13.2. The molecule has 0 aliphatic carbocycles. The Morgan fingerprint density at radius 2 is 0.382 bits per heavy atom. The number of rotatable bonds is 24. The van der Waals surface area contributed by atoms with Gasteiger partial charge in [0.15, 0.2) is 0 Å². The number of benzene rings is 8. The molecule has 0 fully saturated rings. The Hall–Kier alpha value is -8.36. The van der Waals surface area contributed by atoms with Crippen molar-refractivity contribution in [2.24, 2.45) is 0 Å². The van der Waals surface area contributed by atoms with E-state index in [9.17, 15) is 51.9 Å². The predicted molar refractivity (Wildman–Crippen MR) is 417 cm³/mol. The second-order valence-corrected chi connectivity index (χ2v) is 30.3. The summed E-state index contributed by atoms with van der Waals surface area (Å²) in [5, 5.41) is 24.4. The first-order chi connectivity index (χ1) is 51.1. The first-order valence-corrected chi connectivity index (χ1v) is 38.6. The Bertz CT molecular complexity index is 5270. The first kappa shape index (κ1) is 85.6. The molecule has 4 heterocycles. The van der Waals surface area contributed by atoms with Gasteiger partial charge >= 0.3 is 62.0 Å². The number of aromatic nitrogens is 12. The smallest absolute Gasteiger partial charge is 0.324 e. The third-order valence-electron chi connectivity index (χ3n) is 13.9. The van der Waals surface area contributed by atoms with Gasteiger partial charge in [-0.1, -0.05) is 95.0 Å². The Labute approximate surface area is 712 Å². The largest absolute Gasteiger partial charge is 1.00 e. The van der Waals surface area contributed by atoms with Crippen LogP contribution in [0, 0.1) is 0 Å². The summed E-state index contributed by atoms with van der Waals surface area (Å²) in [5.41, 5.74) is 2.81. The summed E-state index contributed by atoms with van der Waals surface area (Å²) in [5.74, 6) is 0.0343. The van der Waals surface area contributed by atoms with Crippen LogP contribution < -0.4 is 102 Å². The fourth-order valence-electron chi connectivity index (χ4n) is 9.27. The van der Waals surface area contributed by atoms with E-state index in [2.05, 4.69) is 102 Å². The average molecular weight is 1750 g/mol. The van der Waals surface area contributed by atoms with Crippen molar-refractivity contribution < 1.29 is 114 Å². The minimum Gasteiger partial charge on any atom is -0.324 e. The minimum atomic E-state index is -4.83. The Kier molecular flexibility index (Phi) is 29.0. The van der Waals surface area contributed by atoms with Gasteiger partial charge in [-0.3, -0.25) is 18.2 Å².